The van der Waals surface area contributed by atoms with E-state index in [1.165, 1.54) is 7.11 Å². The maximum absolute atomic E-state index is 14.1. The molecule has 0 saturated carbocycles. The van der Waals surface area contributed by atoms with Gasteiger partial charge < -0.3 is 4.74 Å². The first-order valence-electron chi connectivity index (χ1n) is 6.50. The molecule has 106 valence electrons. The molecule has 21 heavy (non-hydrogen) atoms. The van der Waals surface area contributed by atoms with Gasteiger partial charge in [-0.2, -0.15) is 5.10 Å². The fraction of sp³-hybridized carbons (Fsp3) is 0.125. The van der Waals surface area contributed by atoms with Crippen molar-refractivity contribution in [1.29, 1.82) is 0 Å². The molecule has 0 radical (unpaired) electrons. The van der Waals surface area contributed by atoms with Gasteiger partial charge in [0.05, 0.1) is 13.3 Å². The minimum absolute atomic E-state index is 0.244. The van der Waals surface area contributed by atoms with Crippen molar-refractivity contribution in [2.45, 2.75) is 6.92 Å². The van der Waals surface area contributed by atoms with Gasteiger partial charge in [-0.05, 0) is 36.2 Å². The molecule has 5 heteroatoms. The lowest BCUT2D eigenvalue weighted by molar-refractivity contribution is 0.385. The van der Waals surface area contributed by atoms with Crippen LogP contribution in [0, 0.1) is 12.7 Å². The summed E-state index contributed by atoms with van der Waals surface area (Å²) >= 11 is 0. The van der Waals surface area contributed by atoms with Crippen LogP contribution in [0.2, 0.25) is 0 Å². The third-order valence-electron chi connectivity index (χ3n) is 3.35. The minimum Gasteiger partial charge on any atom is -0.494 e. The van der Waals surface area contributed by atoms with Crippen LogP contribution in [-0.4, -0.2) is 21.9 Å². The molecule has 0 aliphatic heterocycles. The van der Waals surface area contributed by atoms with Crippen molar-refractivity contribution in [1.82, 2.24) is 14.8 Å². The van der Waals surface area contributed by atoms with Gasteiger partial charge in [-0.15, -0.1) is 0 Å². The molecular formula is C16H14FN3O. The molecule has 0 unspecified atom stereocenters. The predicted octanol–water partition coefficient (Wildman–Crippen LogP) is 3.39. The Bertz CT molecular complexity index is 768. The number of rotatable bonds is 3. The van der Waals surface area contributed by atoms with Gasteiger partial charge in [0.1, 0.15) is 0 Å². The Morgan fingerprint density at radius 3 is 2.76 bits per heavy atom. The number of ether oxygens (including phenoxy) is 1. The first-order chi connectivity index (χ1) is 10.2. The Morgan fingerprint density at radius 1 is 1.19 bits per heavy atom. The van der Waals surface area contributed by atoms with Crippen LogP contribution < -0.4 is 4.74 Å². The van der Waals surface area contributed by atoms with Crippen LogP contribution in [0.3, 0.4) is 0 Å². The van der Waals surface area contributed by atoms with Crippen molar-refractivity contribution in [3.8, 4) is 22.7 Å². The zero-order valence-electron chi connectivity index (χ0n) is 11.7. The third-order valence-corrected chi connectivity index (χ3v) is 3.35. The number of nitrogens with zero attached hydrogens (tertiary/aromatic N) is 3. The molecule has 2 heterocycles. The zero-order chi connectivity index (χ0) is 14.8. The number of benzene rings is 1. The van der Waals surface area contributed by atoms with E-state index >= 15 is 0 Å². The van der Waals surface area contributed by atoms with E-state index in [1.807, 2.05) is 30.5 Å². The molecule has 0 aliphatic carbocycles. The standard InChI is InChI=1S/C16H14FN3O/c1-11-13(6-7-14(21-2)16(11)17)12-9-19-20(10-12)15-5-3-4-8-18-15/h3-10H,1-2H3. The molecule has 4 nitrogen and oxygen atoms in total. The highest BCUT2D eigenvalue weighted by atomic mass is 19.1. The summed E-state index contributed by atoms with van der Waals surface area (Å²) in [7, 11) is 1.45. The second-order valence-electron chi connectivity index (χ2n) is 4.62. The first kappa shape index (κ1) is 13.3. The molecule has 3 rings (SSSR count). The van der Waals surface area contributed by atoms with Crippen LogP contribution in [0.25, 0.3) is 16.9 Å². The Hall–Kier alpha value is -2.69. The average molecular weight is 283 g/mol. The molecule has 0 spiro atoms. The Morgan fingerprint density at radius 2 is 2.05 bits per heavy atom. The summed E-state index contributed by atoms with van der Waals surface area (Å²) in [5.74, 6) is 0.615. The van der Waals surface area contributed by atoms with E-state index < -0.39 is 0 Å². The lowest BCUT2D eigenvalue weighted by atomic mass is 10.0. The monoisotopic (exact) mass is 283 g/mol. The lowest BCUT2D eigenvalue weighted by Gasteiger charge is -2.08. The van der Waals surface area contributed by atoms with Gasteiger partial charge in [0.15, 0.2) is 17.4 Å². The molecule has 0 atom stereocenters. The van der Waals surface area contributed by atoms with Crippen molar-refractivity contribution in [3.63, 3.8) is 0 Å². The van der Waals surface area contributed by atoms with Crippen molar-refractivity contribution < 1.29 is 9.13 Å². The van der Waals surface area contributed by atoms with Crippen LogP contribution in [0.5, 0.6) is 5.75 Å². The molecule has 0 fully saturated rings. The number of aromatic nitrogens is 3. The topological polar surface area (TPSA) is 39.9 Å². The van der Waals surface area contributed by atoms with E-state index in [2.05, 4.69) is 10.1 Å². The normalized spacial score (nSPS) is 10.6. The SMILES string of the molecule is COc1ccc(-c2cnn(-c3ccccn3)c2)c(C)c1F. The minimum atomic E-state index is -0.347. The summed E-state index contributed by atoms with van der Waals surface area (Å²) in [4.78, 5) is 4.23. The number of halogens is 1. The molecule has 0 saturated heterocycles. The van der Waals surface area contributed by atoms with E-state index in [1.54, 1.807) is 30.1 Å². The highest BCUT2D eigenvalue weighted by Crippen LogP contribution is 2.30. The Labute approximate surface area is 121 Å². The van der Waals surface area contributed by atoms with Gasteiger partial charge in [-0.3, -0.25) is 0 Å². The fourth-order valence-electron chi connectivity index (χ4n) is 2.21. The van der Waals surface area contributed by atoms with E-state index in [4.69, 9.17) is 4.74 Å². The van der Waals surface area contributed by atoms with Crippen molar-refractivity contribution in [2.75, 3.05) is 7.11 Å². The summed E-state index contributed by atoms with van der Waals surface area (Å²) in [5.41, 5.74) is 2.16. The maximum atomic E-state index is 14.1. The number of hydrogen-bond donors (Lipinski definition) is 0. The van der Waals surface area contributed by atoms with E-state index in [-0.39, 0.29) is 11.6 Å². The lowest BCUT2D eigenvalue weighted by Crippen LogP contribution is -1.96. The number of hydrogen-bond acceptors (Lipinski definition) is 3. The van der Waals surface area contributed by atoms with Crippen LogP contribution in [-0.2, 0) is 0 Å². The van der Waals surface area contributed by atoms with Crippen molar-refractivity contribution in [2.24, 2.45) is 0 Å². The van der Waals surface area contributed by atoms with Crippen molar-refractivity contribution >= 4 is 0 Å². The first-order valence-corrected chi connectivity index (χ1v) is 6.50. The Balaban J connectivity index is 2.03. The van der Waals surface area contributed by atoms with Gasteiger partial charge in [-0.25, -0.2) is 14.1 Å². The number of pyridine rings is 1. The van der Waals surface area contributed by atoms with Crippen LogP contribution >= 0.6 is 0 Å². The molecule has 2 aromatic heterocycles. The highest BCUT2D eigenvalue weighted by Gasteiger charge is 2.13. The summed E-state index contributed by atoms with van der Waals surface area (Å²) < 4.78 is 20.8. The summed E-state index contributed by atoms with van der Waals surface area (Å²) in [6.07, 6.45) is 5.23. The number of methoxy groups -OCH3 is 1. The second kappa shape index (κ2) is 5.36. The van der Waals surface area contributed by atoms with Crippen LogP contribution in [0.4, 0.5) is 4.39 Å². The molecule has 0 amide bonds. The molecule has 0 bridgehead atoms. The van der Waals surface area contributed by atoms with Gasteiger partial charge in [0, 0.05) is 18.0 Å². The molecule has 3 aromatic rings. The maximum Gasteiger partial charge on any atom is 0.168 e. The van der Waals surface area contributed by atoms with Gasteiger partial charge in [-0.1, -0.05) is 12.1 Å². The van der Waals surface area contributed by atoms with E-state index in [9.17, 15) is 4.39 Å². The predicted molar refractivity (Wildman–Crippen MR) is 78.0 cm³/mol. The molecule has 0 N–H and O–H groups in total. The summed E-state index contributed by atoms with van der Waals surface area (Å²) in [6, 6.07) is 9.05. The quantitative estimate of drug-likeness (QED) is 0.739. The fourth-order valence-corrected chi connectivity index (χ4v) is 2.21. The summed E-state index contributed by atoms with van der Waals surface area (Å²) in [5, 5.41) is 4.28. The van der Waals surface area contributed by atoms with Gasteiger partial charge >= 0.3 is 0 Å². The largest absolute Gasteiger partial charge is 0.494 e. The zero-order valence-corrected chi connectivity index (χ0v) is 11.7. The van der Waals surface area contributed by atoms with E-state index in [0.717, 1.165) is 16.9 Å². The average Bonchev–Trinajstić information content (AvgIpc) is 3.00. The highest BCUT2D eigenvalue weighted by molar-refractivity contribution is 5.67. The smallest absolute Gasteiger partial charge is 0.168 e. The van der Waals surface area contributed by atoms with Crippen molar-refractivity contribution in [3.05, 3.63) is 60.3 Å². The molecule has 1 aromatic carbocycles. The van der Waals surface area contributed by atoms with Gasteiger partial charge in [0.25, 0.3) is 0 Å². The second-order valence-corrected chi connectivity index (χ2v) is 4.62. The van der Waals surface area contributed by atoms with E-state index in [0.29, 0.717) is 5.56 Å². The van der Waals surface area contributed by atoms with Crippen LogP contribution in [0.1, 0.15) is 5.56 Å². The molecular weight excluding hydrogens is 269 g/mol. The summed E-state index contributed by atoms with van der Waals surface area (Å²) in [6.45, 7) is 1.73. The van der Waals surface area contributed by atoms with Gasteiger partial charge in [0.2, 0.25) is 0 Å². The Kier molecular flexibility index (Phi) is 3.39. The van der Waals surface area contributed by atoms with Crippen LogP contribution in [0.15, 0.2) is 48.9 Å². The molecule has 0 aliphatic rings. The third kappa shape index (κ3) is 2.38.